The quantitative estimate of drug-likeness (QED) is 0.386. The molecule has 198 valence electrons. The van der Waals surface area contributed by atoms with Crippen LogP contribution in [0, 0.1) is 0 Å². The lowest BCUT2D eigenvalue weighted by molar-refractivity contribution is 0.373. The van der Waals surface area contributed by atoms with Crippen molar-refractivity contribution in [3.8, 4) is 23.0 Å². The second kappa shape index (κ2) is 13.2. The molecule has 0 saturated heterocycles. The molecule has 2 unspecified atom stereocenters. The fourth-order valence-electron chi connectivity index (χ4n) is 5.96. The summed E-state index contributed by atoms with van der Waals surface area (Å²) >= 11 is 0. The van der Waals surface area contributed by atoms with Crippen molar-refractivity contribution in [2.24, 2.45) is 0 Å². The third kappa shape index (κ3) is 6.27. The van der Waals surface area contributed by atoms with Crippen molar-refractivity contribution in [2.45, 2.75) is 76.3 Å². The molecular formula is C30H44N2O4. The van der Waals surface area contributed by atoms with Gasteiger partial charge in [0, 0.05) is 34.3 Å². The van der Waals surface area contributed by atoms with Gasteiger partial charge in [-0.2, -0.15) is 0 Å². The predicted octanol–water partition coefficient (Wildman–Crippen LogP) is 4.88. The lowest BCUT2D eigenvalue weighted by Crippen LogP contribution is -2.35. The van der Waals surface area contributed by atoms with Crippen LogP contribution in [0.15, 0.2) is 24.3 Å². The van der Waals surface area contributed by atoms with Gasteiger partial charge in [-0.3, -0.25) is 0 Å². The predicted molar refractivity (Wildman–Crippen MR) is 145 cm³/mol. The van der Waals surface area contributed by atoms with Crippen molar-refractivity contribution in [3.63, 3.8) is 0 Å². The lowest BCUT2D eigenvalue weighted by Gasteiger charge is -2.28. The molecule has 2 aliphatic carbocycles. The largest absolute Gasteiger partial charge is 0.496 e. The summed E-state index contributed by atoms with van der Waals surface area (Å²) in [6.45, 7) is 2.17. The SMILES string of the molecule is COc1ccc(OC)c2c1CCC(NCCCCCCNC1CCc3c(OC)ccc(OC)c3C1)C2. The van der Waals surface area contributed by atoms with Crippen LogP contribution in [0.25, 0.3) is 0 Å². The number of rotatable bonds is 13. The van der Waals surface area contributed by atoms with Crippen molar-refractivity contribution in [1.29, 1.82) is 0 Å². The first kappa shape index (κ1) is 26.6. The summed E-state index contributed by atoms with van der Waals surface area (Å²) in [4.78, 5) is 0. The molecule has 6 heteroatoms. The van der Waals surface area contributed by atoms with Crippen LogP contribution >= 0.6 is 0 Å². The topological polar surface area (TPSA) is 61.0 Å². The summed E-state index contributed by atoms with van der Waals surface area (Å²) in [6, 6.07) is 9.17. The minimum Gasteiger partial charge on any atom is -0.496 e. The summed E-state index contributed by atoms with van der Waals surface area (Å²) in [5, 5.41) is 7.58. The first-order valence-corrected chi connectivity index (χ1v) is 13.6. The molecule has 6 nitrogen and oxygen atoms in total. The zero-order valence-corrected chi connectivity index (χ0v) is 22.6. The Bertz CT molecular complexity index is 914. The molecule has 0 fully saturated rings. The molecule has 0 saturated carbocycles. The first-order valence-electron chi connectivity index (χ1n) is 13.6. The van der Waals surface area contributed by atoms with Crippen LogP contribution in [0.5, 0.6) is 23.0 Å². The Labute approximate surface area is 217 Å². The van der Waals surface area contributed by atoms with Crippen LogP contribution in [0.4, 0.5) is 0 Å². The fraction of sp³-hybridized carbons (Fsp3) is 0.600. The maximum Gasteiger partial charge on any atom is 0.122 e. The van der Waals surface area contributed by atoms with Gasteiger partial charge in [-0.15, -0.1) is 0 Å². The van der Waals surface area contributed by atoms with E-state index in [1.807, 2.05) is 24.3 Å². The second-order valence-electron chi connectivity index (χ2n) is 10.1. The standard InChI is InChI=1S/C30H44N2O4/c1-33-27-13-15-29(35-3)25-19-21(9-11-23(25)27)31-17-7-5-6-8-18-32-22-10-12-24-26(20-22)30(36-4)16-14-28(24)34-2/h13-16,21-22,31-32H,5-12,17-20H2,1-4H3. The summed E-state index contributed by atoms with van der Waals surface area (Å²) < 4.78 is 22.4. The zero-order chi connectivity index (χ0) is 25.3. The number of ether oxygens (including phenoxy) is 4. The van der Waals surface area contributed by atoms with Gasteiger partial charge in [0.1, 0.15) is 23.0 Å². The number of nitrogens with one attached hydrogen (secondary N) is 2. The monoisotopic (exact) mass is 496 g/mol. The van der Waals surface area contributed by atoms with Gasteiger partial charge in [-0.05, 0) is 88.7 Å². The summed E-state index contributed by atoms with van der Waals surface area (Å²) in [5.41, 5.74) is 5.27. The van der Waals surface area contributed by atoms with Crippen LogP contribution in [-0.2, 0) is 25.7 Å². The molecule has 0 aliphatic heterocycles. The van der Waals surface area contributed by atoms with E-state index >= 15 is 0 Å². The first-order chi connectivity index (χ1) is 17.7. The van der Waals surface area contributed by atoms with Crippen LogP contribution in [0.3, 0.4) is 0 Å². The maximum absolute atomic E-state index is 5.62. The number of methoxy groups -OCH3 is 4. The number of fused-ring (bicyclic) bond motifs is 2. The molecular weight excluding hydrogens is 452 g/mol. The highest BCUT2D eigenvalue weighted by Crippen LogP contribution is 2.37. The highest BCUT2D eigenvalue weighted by atomic mass is 16.5. The van der Waals surface area contributed by atoms with E-state index in [9.17, 15) is 0 Å². The van der Waals surface area contributed by atoms with Gasteiger partial charge in [-0.25, -0.2) is 0 Å². The lowest BCUT2D eigenvalue weighted by atomic mass is 9.86. The zero-order valence-electron chi connectivity index (χ0n) is 22.6. The molecule has 0 heterocycles. The van der Waals surface area contributed by atoms with E-state index in [0.29, 0.717) is 12.1 Å². The molecule has 0 bridgehead atoms. The number of benzene rings is 2. The van der Waals surface area contributed by atoms with E-state index in [0.717, 1.165) is 74.6 Å². The van der Waals surface area contributed by atoms with Crippen LogP contribution in [0.1, 0.15) is 60.8 Å². The minimum absolute atomic E-state index is 0.518. The normalized spacial score (nSPS) is 18.8. The smallest absolute Gasteiger partial charge is 0.122 e. The average Bonchev–Trinajstić information content (AvgIpc) is 2.92. The third-order valence-corrected chi connectivity index (χ3v) is 7.93. The van der Waals surface area contributed by atoms with E-state index < -0.39 is 0 Å². The average molecular weight is 497 g/mol. The van der Waals surface area contributed by atoms with E-state index in [1.165, 1.54) is 47.9 Å². The summed E-state index contributed by atoms with van der Waals surface area (Å²) in [6.07, 6.45) is 11.4. The van der Waals surface area contributed by atoms with Gasteiger partial charge >= 0.3 is 0 Å². The van der Waals surface area contributed by atoms with Crippen molar-refractivity contribution >= 4 is 0 Å². The van der Waals surface area contributed by atoms with Crippen molar-refractivity contribution in [1.82, 2.24) is 10.6 Å². The molecule has 2 aromatic rings. The molecule has 0 radical (unpaired) electrons. The molecule has 0 aromatic heterocycles. The van der Waals surface area contributed by atoms with Gasteiger partial charge in [0.15, 0.2) is 0 Å². The highest BCUT2D eigenvalue weighted by molar-refractivity contribution is 5.51. The van der Waals surface area contributed by atoms with E-state index in [-0.39, 0.29) is 0 Å². The van der Waals surface area contributed by atoms with Crippen molar-refractivity contribution < 1.29 is 18.9 Å². The molecule has 0 amide bonds. The van der Waals surface area contributed by atoms with Gasteiger partial charge in [0.2, 0.25) is 0 Å². The third-order valence-electron chi connectivity index (χ3n) is 7.93. The van der Waals surface area contributed by atoms with Crippen molar-refractivity contribution in [3.05, 3.63) is 46.5 Å². The van der Waals surface area contributed by atoms with Gasteiger partial charge in [-0.1, -0.05) is 12.8 Å². The van der Waals surface area contributed by atoms with Gasteiger partial charge in [0.25, 0.3) is 0 Å². The van der Waals surface area contributed by atoms with Crippen LogP contribution < -0.4 is 29.6 Å². The molecule has 2 atom stereocenters. The van der Waals surface area contributed by atoms with Gasteiger partial charge in [0.05, 0.1) is 28.4 Å². The Morgan fingerprint density at radius 1 is 0.556 bits per heavy atom. The summed E-state index contributed by atoms with van der Waals surface area (Å²) in [5.74, 6) is 3.97. The molecule has 4 rings (SSSR count). The van der Waals surface area contributed by atoms with Crippen LogP contribution in [0.2, 0.25) is 0 Å². The second-order valence-corrected chi connectivity index (χ2v) is 10.1. The summed E-state index contributed by atoms with van der Waals surface area (Å²) in [7, 11) is 7.03. The van der Waals surface area contributed by atoms with Crippen LogP contribution in [-0.4, -0.2) is 53.6 Å². The fourth-order valence-corrected chi connectivity index (χ4v) is 5.96. The van der Waals surface area contributed by atoms with Gasteiger partial charge < -0.3 is 29.6 Å². The Morgan fingerprint density at radius 3 is 1.28 bits per heavy atom. The number of unbranched alkanes of at least 4 members (excludes halogenated alkanes) is 3. The Balaban J connectivity index is 1.12. The molecule has 0 spiro atoms. The molecule has 2 aromatic carbocycles. The number of hydrogen-bond acceptors (Lipinski definition) is 6. The number of hydrogen-bond donors (Lipinski definition) is 2. The molecule has 2 N–H and O–H groups in total. The van der Waals surface area contributed by atoms with E-state index in [4.69, 9.17) is 18.9 Å². The molecule has 36 heavy (non-hydrogen) atoms. The minimum atomic E-state index is 0.518. The Hall–Kier alpha value is -2.44. The molecule has 2 aliphatic rings. The maximum atomic E-state index is 5.62. The highest BCUT2D eigenvalue weighted by Gasteiger charge is 2.25. The van der Waals surface area contributed by atoms with Crippen molar-refractivity contribution in [2.75, 3.05) is 41.5 Å². The van der Waals surface area contributed by atoms with E-state index in [1.54, 1.807) is 28.4 Å². The Morgan fingerprint density at radius 2 is 0.917 bits per heavy atom. The Kier molecular flexibility index (Phi) is 9.76. The van der Waals surface area contributed by atoms with E-state index in [2.05, 4.69) is 10.6 Å².